The van der Waals surface area contributed by atoms with Gasteiger partial charge in [0.05, 0.1) is 5.69 Å². The van der Waals surface area contributed by atoms with E-state index in [1.54, 1.807) is 6.92 Å². The average Bonchev–Trinajstić information content (AvgIpc) is 2.99. The van der Waals surface area contributed by atoms with Gasteiger partial charge in [-0.2, -0.15) is 5.10 Å². The molecule has 152 valence electrons. The van der Waals surface area contributed by atoms with Gasteiger partial charge in [-0.05, 0) is 5.92 Å². The Morgan fingerprint density at radius 1 is 1.33 bits per heavy atom. The molecule has 0 aliphatic carbocycles. The Balaban J connectivity index is 1.81. The zero-order chi connectivity index (χ0) is 20.0. The zero-order valence-electron chi connectivity index (χ0n) is 17.7. The molecule has 1 N–H and O–H groups in total. The molecule has 1 aromatic heterocycles. The van der Waals surface area contributed by atoms with Crippen molar-refractivity contribution in [2.75, 3.05) is 53.4 Å². The molecular weight excluding hydrogens is 342 g/mol. The van der Waals surface area contributed by atoms with Crippen LogP contribution in [-0.4, -0.2) is 89.7 Å². The molecule has 1 fully saturated rings. The highest BCUT2D eigenvalue weighted by molar-refractivity contribution is 5.79. The lowest BCUT2D eigenvalue weighted by atomic mass is 10.1. The Morgan fingerprint density at radius 3 is 2.56 bits per heavy atom. The van der Waals surface area contributed by atoms with Crippen LogP contribution >= 0.6 is 0 Å². The van der Waals surface area contributed by atoms with Crippen LogP contribution < -0.4 is 5.32 Å². The Hall–Kier alpha value is -2.09. The maximum absolute atomic E-state index is 11.4. The number of nitrogens with zero attached hydrogens (tertiary/aromatic N) is 6. The van der Waals surface area contributed by atoms with Gasteiger partial charge in [0.1, 0.15) is 0 Å². The fourth-order valence-electron chi connectivity index (χ4n) is 3.49. The summed E-state index contributed by atoms with van der Waals surface area (Å²) in [4.78, 5) is 22.3. The SMILES string of the molecule is CN=C(NCCN1CCN(C(C)=O)CC1)N(C)Cc1cn(C)nc1C(C)C. The molecule has 0 bridgehead atoms. The predicted octanol–water partition coefficient (Wildman–Crippen LogP) is 0.715. The number of hydrogen-bond donors (Lipinski definition) is 1. The monoisotopic (exact) mass is 377 g/mol. The van der Waals surface area contributed by atoms with Crippen LogP contribution in [-0.2, 0) is 18.4 Å². The van der Waals surface area contributed by atoms with Crippen molar-refractivity contribution in [1.82, 2.24) is 29.8 Å². The molecule has 2 rings (SSSR count). The van der Waals surface area contributed by atoms with Gasteiger partial charge < -0.3 is 15.1 Å². The Morgan fingerprint density at radius 2 is 2.00 bits per heavy atom. The lowest BCUT2D eigenvalue weighted by Gasteiger charge is -2.34. The van der Waals surface area contributed by atoms with Crippen LogP contribution in [0.2, 0.25) is 0 Å². The summed E-state index contributed by atoms with van der Waals surface area (Å²) in [5.41, 5.74) is 2.38. The molecule has 0 aromatic carbocycles. The highest BCUT2D eigenvalue weighted by Crippen LogP contribution is 2.18. The lowest BCUT2D eigenvalue weighted by molar-refractivity contribution is -0.130. The van der Waals surface area contributed by atoms with E-state index >= 15 is 0 Å². The van der Waals surface area contributed by atoms with Crippen LogP contribution in [0.4, 0.5) is 0 Å². The summed E-state index contributed by atoms with van der Waals surface area (Å²) in [5, 5.41) is 8.04. The van der Waals surface area contributed by atoms with Crippen LogP contribution in [0.1, 0.15) is 37.9 Å². The van der Waals surface area contributed by atoms with Gasteiger partial charge in [0.2, 0.25) is 5.91 Å². The zero-order valence-corrected chi connectivity index (χ0v) is 17.7. The van der Waals surface area contributed by atoms with Gasteiger partial charge in [0, 0.05) is 85.6 Å². The van der Waals surface area contributed by atoms with E-state index < -0.39 is 0 Å². The maximum atomic E-state index is 11.4. The number of hydrogen-bond acceptors (Lipinski definition) is 4. The summed E-state index contributed by atoms with van der Waals surface area (Å²) >= 11 is 0. The molecule has 2 heterocycles. The minimum absolute atomic E-state index is 0.172. The number of aryl methyl sites for hydroxylation is 1. The third kappa shape index (κ3) is 5.95. The molecule has 8 nitrogen and oxygen atoms in total. The highest BCUT2D eigenvalue weighted by atomic mass is 16.2. The third-order valence-corrected chi connectivity index (χ3v) is 4.99. The van der Waals surface area contributed by atoms with Crippen LogP contribution in [0.5, 0.6) is 0 Å². The minimum atomic E-state index is 0.172. The van der Waals surface area contributed by atoms with E-state index in [0.29, 0.717) is 5.92 Å². The smallest absolute Gasteiger partial charge is 0.219 e. The largest absolute Gasteiger partial charge is 0.355 e. The second-order valence-electron chi connectivity index (χ2n) is 7.55. The van der Waals surface area contributed by atoms with E-state index in [4.69, 9.17) is 0 Å². The average molecular weight is 378 g/mol. The molecule has 8 heteroatoms. The van der Waals surface area contributed by atoms with Crippen molar-refractivity contribution >= 4 is 11.9 Å². The number of amides is 1. The maximum Gasteiger partial charge on any atom is 0.219 e. The quantitative estimate of drug-likeness (QED) is 0.584. The normalized spacial score (nSPS) is 16.1. The molecule has 0 spiro atoms. The van der Waals surface area contributed by atoms with Crippen molar-refractivity contribution in [3.63, 3.8) is 0 Å². The van der Waals surface area contributed by atoms with E-state index in [1.807, 2.05) is 23.7 Å². The van der Waals surface area contributed by atoms with E-state index in [1.165, 1.54) is 5.56 Å². The highest BCUT2D eigenvalue weighted by Gasteiger charge is 2.19. The van der Waals surface area contributed by atoms with Crippen molar-refractivity contribution in [1.29, 1.82) is 0 Å². The summed E-state index contributed by atoms with van der Waals surface area (Å²) in [6.45, 7) is 12.1. The van der Waals surface area contributed by atoms with Crippen LogP contribution in [0.25, 0.3) is 0 Å². The first kappa shape index (κ1) is 21.2. The number of aromatic nitrogens is 2. The van der Waals surface area contributed by atoms with Crippen molar-refractivity contribution in [3.05, 3.63) is 17.5 Å². The Bertz CT molecular complexity index is 644. The number of carbonyl (C=O) groups excluding carboxylic acids is 1. The van der Waals surface area contributed by atoms with Crippen LogP contribution in [0, 0.1) is 0 Å². The standard InChI is InChI=1S/C19H35N7O/c1-15(2)18-17(14-24(6)22-18)13-23(5)19(20-4)21-7-8-25-9-11-26(12-10-25)16(3)27/h14-15H,7-13H2,1-6H3,(H,20,21). The minimum Gasteiger partial charge on any atom is -0.355 e. The molecule has 1 aliphatic heterocycles. The number of rotatable bonds is 6. The predicted molar refractivity (Wildman–Crippen MR) is 109 cm³/mol. The molecule has 1 amide bonds. The molecular formula is C19H35N7O. The molecule has 1 aromatic rings. The molecule has 0 atom stereocenters. The van der Waals surface area contributed by atoms with Gasteiger partial charge in [0.25, 0.3) is 0 Å². The molecule has 27 heavy (non-hydrogen) atoms. The first-order valence-corrected chi connectivity index (χ1v) is 9.73. The van der Waals surface area contributed by atoms with Crippen molar-refractivity contribution in [3.8, 4) is 0 Å². The second kappa shape index (κ2) is 9.73. The number of carbonyl (C=O) groups is 1. The number of nitrogens with one attached hydrogen (secondary N) is 1. The number of aliphatic imine (C=N–C) groups is 1. The summed E-state index contributed by atoms with van der Waals surface area (Å²) in [7, 11) is 5.84. The number of guanidine groups is 1. The van der Waals surface area contributed by atoms with Crippen molar-refractivity contribution < 1.29 is 4.79 Å². The number of piperazine rings is 1. The first-order chi connectivity index (χ1) is 12.8. The van der Waals surface area contributed by atoms with Gasteiger partial charge in [-0.25, -0.2) is 0 Å². The van der Waals surface area contributed by atoms with E-state index in [0.717, 1.165) is 57.5 Å². The topological polar surface area (TPSA) is 69.0 Å². The van der Waals surface area contributed by atoms with Crippen molar-refractivity contribution in [2.24, 2.45) is 12.0 Å². The fraction of sp³-hybridized carbons (Fsp3) is 0.737. The fourth-order valence-corrected chi connectivity index (χ4v) is 3.49. The molecule has 1 aliphatic rings. The van der Waals surface area contributed by atoms with E-state index in [-0.39, 0.29) is 5.91 Å². The van der Waals surface area contributed by atoms with Gasteiger partial charge in [-0.15, -0.1) is 0 Å². The van der Waals surface area contributed by atoms with Crippen LogP contribution in [0.3, 0.4) is 0 Å². The molecule has 0 saturated carbocycles. The van der Waals surface area contributed by atoms with E-state index in [9.17, 15) is 4.79 Å². The Kier molecular flexibility index (Phi) is 7.65. The van der Waals surface area contributed by atoms with Gasteiger partial charge in [-0.3, -0.25) is 19.4 Å². The van der Waals surface area contributed by atoms with E-state index in [2.05, 4.69) is 52.3 Å². The van der Waals surface area contributed by atoms with Gasteiger partial charge >= 0.3 is 0 Å². The van der Waals surface area contributed by atoms with Gasteiger partial charge in [-0.1, -0.05) is 13.8 Å². The summed E-state index contributed by atoms with van der Waals surface area (Å²) < 4.78 is 1.88. The van der Waals surface area contributed by atoms with Crippen molar-refractivity contribution in [2.45, 2.75) is 33.2 Å². The molecule has 0 unspecified atom stereocenters. The molecule has 1 saturated heterocycles. The summed E-state index contributed by atoms with van der Waals surface area (Å²) in [5.74, 6) is 1.46. The van der Waals surface area contributed by atoms with Crippen LogP contribution in [0.15, 0.2) is 11.2 Å². The molecule has 0 radical (unpaired) electrons. The first-order valence-electron chi connectivity index (χ1n) is 9.73. The Labute approximate surface area is 163 Å². The summed E-state index contributed by atoms with van der Waals surface area (Å²) in [6, 6.07) is 0. The summed E-state index contributed by atoms with van der Waals surface area (Å²) in [6.07, 6.45) is 2.09. The lowest BCUT2D eigenvalue weighted by Crippen LogP contribution is -2.50. The second-order valence-corrected chi connectivity index (χ2v) is 7.55. The van der Waals surface area contributed by atoms with Gasteiger partial charge in [0.15, 0.2) is 5.96 Å². The third-order valence-electron chi connectivity index (χ3n) is 4.99.